The molecule has 1 aliphatic carbocycles. The van der Waals surface area contributed by atoms with Gasteiger partial charge in [-0.05, 0) is 55.0 Å². The number of nitrogens with zero attached hydrogens (tertiary/aromatic N) is 2. The van der Waals surface area contributed by atoms with Crippen LogP contribution in [-0.4, -0.2) is 48.0 Å². The standard InChI is InChI=1S/C22H25N3O3/c26-20-11-4-3-10-19(20)24-12-14-25(15-13-24)22(28)21(27)23-18-9-5-7-16-6-1-2-8-17(16)18/h3-5,7,9-11,26H,1-2,6,8,12-15H2,(H,23,27). The molecular weight excluding hydrogens is 354 g/mol. The van der Waals surface area contributed by atoms with Crippen LogP contribution >= 0.6 is 0 Å². The van der Waals surface area contributed by atoms with E-state index in [9.17, 15) is 14.7 Å². The zero-order chi connectivity index (χ0) is 19.5. The van der Waals surface area contributed by atoms with Crippen molar-refractivity contribution in [2.24, 2.45) is 0 Å². The number of amides is 2. The number of nitrogens with one attached hydrogen (secondary N) is 1. The van der Waals surface area contributed by atoms with Crippen molar-refractivity contribution < 1.29 is 14.7 Å². The highest BCUT2D eigenvalue weighted by Gasteiger charge is 2.27. The first kappa shape index (κ1) is 18.3. The molecule has 0 radical (unpaired) electrons. The number of piperazine rings is 1. The highest BCUT2D eigenvalue weighted by molar-refractivity contribution is 6.39. The Hall–Kier alpha value is -3.02. The fraction of sp³-hybridized carbons (Fsp3) is 0.364. The summed E-state index contributed by atoms with van der Waals surface area (Å²) in [7, 11) is 0. The van der Waals surface area contributed by atoms with Crippen molar-refractivity contribution in [3.8, 4) is 5.75 Å². The number of phenolic OH excluding ortho intramolecular Hbond substituents is 1. The van der Waals surface area contributed by atoms with Gasteiger partial charge in [0.15, 0.2) is 0 Å². The largest absolute Gasteiger partial charge is 0.506 e. The predicted octanol–water partition coefficient (Wildman–Crippen LogP) is 2.56. The average molecular weight is 379 g/mol. The molecule has 0 spiro atoms. The van der Waals surface area contributed by atoms with Gasteiger partial charge in [0.1, 0.15) is 5.75 Å². The number of fused-ring (bicyclic) bond motifs is 1. The molecule has 1 aliphatic heterocycles. The number of aryl methyl sites for hydroxylation is 1. The molecule has 4 rings (SSSR count). The SMILES string of the molecule is O=C(Nc1cccc2c1CCCC2)C(=O)N1CCN(c2ccccc2O)CC1. The molecule has 146 valence electrons. The molecule has 6 nitrogen and oxygen atoms in total. The van der Waals surface area contributed by atoms with E-state index in [1.165, 1.54) is 17.5 Å². The lowest BCUT2D eigenvalue weighted by atomic mass is 9.90. The number of anilines is 2. The van der Waals surface area contributed by atoms with Crippen LogP contribution in [0, 0.1) is 0 Å². The first-order valence-corrected chi connectivity index (χ1v) is 9.87. The Morgan fingerprint density at radius 2 is 1.64 bits per heavy atom. The van der Waals surface area contributed by atoms with Crippen LogP contribution in [0.5, 0.6) is 5.75 Å². The van der Waals surface area contributed by atoms with Gasteiger partial charge in [0.25, 0.3) is 0 Å². The molecule has 0 atom stereocenters. The summed E-state index contributed by atoms with van der Waals surface area (Å²) >= 11 is 0. The third kappa shape index (κ3) is 3.67. The molecule has 1 heterocycles. The van der Waals surface area contributed by atoms with Gasteiger partial charge in [0, 0.05) is 31.9 Å². The Morgan fingerprint density at radius 3 is 2.43 bits per heavy atom. The quantitative estimate of drug-likeness (QED) is 0.787. The Kier molecular flexibility index (Phi) is 5.19. The fourth-order valence-electron chi connectivity index (χ4n) is 4.10. The zero-order valence-electron chi connectivity index (χ0n) is 15.9. The van der Waals surface area contributed by atoms with Gasteiger partial charge in [-0.2, -0.15) is 0 Å². The first-order valence-electron chi connectivity index (χ1n) is 9.87. The molecule has 2 aromatic carbocycles. The molecule has 0 saturated carbocycles. The van der Waals surface area contributed by atoms with E-state index in [4.69, 9.17) is 0 Å². The first-order chi connectivity index (χ1) is 13.6. The number of para-hydroxylation sites is 2. The second-order valence-corrected chi connectivity index (χ2v) is 7.37. The third-order valence-electron chi connectivity index (χ3n) is 5.63. The third-order valence-corrected chi connectivity index (χ3v) is 5.63. The summed E-state index contributed by atoms with van der Waals surface area (Å²) in [6, 6.07) is 13.1. The van der Waals surface area contributed by atoms with Crippen molar-refractivity contribution in [1.82, 2.24) is 4.90 Å². The van der Waals surface area contributed by atoms with E-state index >= 15 is 0 Å². The van der Waals surface area contributed by atoms with E-state index in [1.807, 2.05) is 29.2 Å². The summed E-state index contributed by atoms with van der Waals surface area (Å²) in [4.78, 5) is 28.8. The molecule has 2 aromatic rings. The minimum Gasteiger partial charge on any atom is -0.506 e. The van der Waals surface area contributed by atoms with Gasteiger partial charge >= 0.3 is 11.8 Å². The topological polar surface area (TPSA) is 72.9 Å². The van der Waals surface area contributed by atoms with Gasteiger partial charge in [0.2, 0.25) is 0 Å². The molecule has 2 amide bonds. The van der Waals surface area contributed by atoms with Crippen LogP contribution in [0.3, 0.4) is 0 Å². The fourth-order valence-corrected chi connectivity index (χ4v) is 4.10. The van der Waals surface area contributed by atoms with Crippen molar-refractivity contribution >= 4 is 23.2 Å². The van der Waals surface area contributed by atoms with Crippen molar-refractivity contribution in [2.45, 2.75) is 25.7 Å². The van der Waals surface area contributed by atoms with Gasteiger partial charge in [0.05, 0.1) is 5.69 Å². The molecule has 1 saturated heterocycles. The number of hydrogen-bond acceptors (Lipinski definition) is 4. The van der Waals surface area contributed by atoms with Crippen molar-refractivity contribution in [3.05, 3.63) is 53.6 Å². The molecule has 2 N–H and O–H groups in total. The Balaban J connectivity index is 1.38. The van der Waals surface area contributed by atoms with Crippen LogP contribution in [0.1, 0.15) is 24.0 Å². The van der Waals surface area contributed by atoms with Gasteiger partial charge in [-0.15, -0.1) is 0 Å². The number of phenols is 1. The Bertz CT molecular complexity index is 888. The second-order valence-electron chi connectivity index (χ2n) is 7.37. The van der Waals surface area contributed by atoms with Crippen LogP contribution in [0.4, 0.5) is 11.4 Å². The van der Waals surface area contributed by atoms with E-state index < -0.39 is 11.8 Å². The predicted molar refractivity (Wildman–Crippen MR) is 109 cm³/mol. The summed E-state index contributed by atoms with van der Waals surface area (Å²) in [6.07, 6.45) is 4.26. The lowest BCUT2D eigenvalue weighted by molar-refractivity contribution is -0.143. The molecule has 2 aliphatic rings. The maximum Gasteiger partial charge on any atom is 0.313 e. The van der Waals surface area contributed by atoms with E-state index in [1.54, 1.807) is 17.0 Å². The molecule has 0 unspecified atom stereocenters. The number of aromatic hydroxyl groups is 1. The van der Waals surface area contributed by atoms with Crippen LogP contribution < -0.4 is 10.2 Å². The number of rotatable bonds is 2. The number of hydrogen-bond donors (Lipinski definition) is 2. The molecule has 0 aromatic heterocycles. The van der Waals surface area contributed by atoms with Gasteiger partial charge in [-0.1, -0.05) is 24.3 Å². The van der Waals surface area contributed by atoms with Crippen LogP contribution in [0.2, 0.25) is 0 Å². The zero-order valence-corrected chi connectivity index (χ0v) is 15.9. The minimum atomic E-state index is -0.574. The number of carbonyl (C=O) groups is 2. The normalized spacial score (nSPS) is 16.4. The molecule has 1 fully saturated rings. The second kappa shape index (κ2) is 7.92. The Labute approximate surface area is 164 Å². The molecular formula is C22H25N3O3. The summed E-state index contributed by atoms with van der Waals surface area (Å²) in [5.41, 5.74) is 3.96. The highest BCUT2D eigenvalue weighted by Crippen LogP contribution is 2.29. The van der Waals surface area contributed by atoms with Crippen molar-refractivity contribution in [2.75, 3.05) is 36.4 Å². The van der Waals surface area contributed by atoms with Crippen LogP contribution in [0.15, 0.2) is 42.5 Å². The summed E-state index contributed by atoms with van der Waals surface area (Å²) < 4.78 is 0. The van der Waals surface area contributed by atoms with E-state index in [-0.39, 0.29) is 5.75 Å². The van der Waals surface area contributed by atoms with Gasteiger partial charge < -0.3 is 20.2 Å². The van der Waals surface area contributed by atoms with Crippen LogP contribution in [0.25, 0.3) is 0 Å². The lowest BCUT2D eigenvalue weighted by Gasteiger charge is -2.36. The monoisotopic (exact) mass is 379 g/mol. The van der Waals surface area contributed by atoms with Gasteiger partial charge in [-0.3, -0.25) is 9.59 Å². The summed E-state index contributed by atoms with van der Waals surface area (Å²) in [6.45, 7) is 2.07. The van der Waals surface area contributed by atoms with Crippen LogP contribution in [-0.2, 0) is 22.4 Å². The van der Waals surface area contributed by atoms with E-state index in [2.05, 4.69) is 11.4 Å². The maximum atomic E-state index is 12.6. The number of benzene rings is 2. The molecule has 6 heteroatoms. The van der Waals surface area contributed by atoms with E-state index in [0.29, 0.717) is 26.2 Å². The maximum absolute atomic E-state index is 12.6. The summed E-state index contributed by atoms with van der Waals surface area (Å²) in [5.74, 6) is -0.839. The average Bonchev–Trinajstić information content (AvgIpc) is 2.74. The minimum absolute atomic E-state index is 0.230. The van der Waals surface area contributed by atoms with Crippen molar-refractivity contribution in [3.63, 3.8) is 0 Å². The van der Waals surface area contributed by atoms with Crippen molar-refractivity contribution in [1.29, 1.82) is 0 Å². The smallest absolute Gasteiger partial charge is 0.313 e. The number of carbonyl (C=O) groups excluding carboxylic acids is 2. The molecule has 0 bridgehead atoms. The highest BCUT2D eigenvalue weighted by atomic mass is 16.3. The Morgan fingerprint density at radius 1 is 0.893 bits per heavy atom. The molecule has 28 heavy (non-hydrogen) atoms. The van der Waals surface area contributed by atoms with E-state index in [0.717, 1.165) is 30.6 Å². The van der Waals surface area contributed by atoms with Gasteiger partial charge in [-0.25, -0.2) is 0 Å². The lowest BCUT2D eigenvalue weighted by Crippen LogP contribution is -2.51. The summed E-state index contributed by atoms with van der Waals surface area (Å²) in [5, 5.41) is 12.8.